The van der Waals surface area contributed by atoms with Crippen molar-refractivity contribution in [2.24, 2.45) is 0 Å². The summed E-state index contributed by atoms with van der Waals surface area (Å²) in [6, 6.07) is 0. The molecule has 2 rings (SSSR count). The highest BCUT2D eigenvalue weighted by Crippen LogP contribution is 2.29. The zero-order chi connectivity index (χ0) is 13.0. The molecule has 1 aliphatic rings. The van der Waals surface area contributed by atoms with Crippen LogP contribution in [0.1, 0.15) is 45.4 Å². The van der Waals surface area contributed by atoms with E-state index in [1.807, 2.05) is 11.6 Å². The Labute approximate surface area is 108 Å². The summed E-state index contributed by atoms with van der Waals surface area (Å²) < 4.78 is 7.54. The third-order valence-corrected chi connectivity index (χ3v) is 3.62. The van der Waals surface area contributed by atoms with Gasteiger partial charge in [-0.15, -0.1) is 0 Å². The van der Waals surface area contributed by atoms with Crippen molar-refractivity contribution in [2.45, 2.75) is 64.2 Å². The number of rotatable bonds is 5. The molecule has 0 aromatic carbocycles. The van der Waals surface area contributed by atoms with Crippen LogP contribution in [-0.4, -0.2) is 38.2 Å². The van der Waals surface area contributed by atoms with Crippen LogP contribution in [0.4, 0.5) is 0 Å². The van der Waals surface area contributed by atoms with Gasteiger partial charge in [0.15, 0.2) is 0 Å². The average molecular weight is 253 g/mol. The molecule has 2 unspecified atom stereocenters. The van der Waals surface area contributed by atoms with E-state index in [4.69, 9.17) is 4.74 Å². The standard InChI is InChI=1S/C13H23N3O2/c1-3-5-11-8-13(17,6-7-18-11)9-12-14-10-15-16(12)4-2/h10-11,17H,3-9H2,1-2H3. The number of hydrogen-bond donors (Lipinski definition) is 1. The Morgan fingerprint density at radius 3 is 3.11 bits per heavy atom. The highest BCUT2D eigenvalue weighted by Gasteiger charge is 2.36. The van der Waals surface area contributed by atoms with Gasteiger partial charge in [-0.25, -0.2) is 4.98 Å². The summed E-state index contributed by atoms with van der Waals surface area (Å²) in [5, 5.41) is 14.8. The zero-order valence-electron chi connectivity index (χ0n) is 11.3. The van der Waals surface area contributed by atoms with Gasteiger partial charge in [-0.3, -0.25) is 4.68 Å². The molecular formula is C13H23N3O2. The summed E-state index contributed by atoms with van der Waals surface area (Å²) >= 11 is 0. The fourth-order valence-electron chi connectivity index (χ4n) is 2.65. The number of hydrogen-bond acceptors (Lipinski definition) is 4. The summed E-state index contributed by atoms with van der Waals surface area (Å²) in [4.78, 5) is 4.25. The largest absolute Gasteiger partial charge is 0.389 e. The van der Waals surface area contributed by atoms with E-state index in [0.717, 1.165) is 25.2 Å². The number of nitrogens with zero attached hydrogens (tertiary/aromatic N) is 3. The maximum absolute atomic E-state index is 10.7. The molecule has 2 atom stereocenters. The molecule has 1 N–H and O–H groups in total. The quantitative estimate of drug-likeness (QED) is 0.865. The average Bonchev–Trinajstić information content (AvgIpc) is 2.76. The van der Waals surface area contributed by atoms with Crippen molar-refractivity contribution in [3.05, 3.63) is 12.2 Å². The van der Waals surface area contributed by atoms with Crippen LogP contribution in [0.25, 0.3) is 0 Å². The molecule has 1 aliphatic heterocycles. The van der Waals surface area contributed by atoms with Crippen molar-refractivity contribution >= 4 is 0 Å². The molecule has 102 valence electrons. The van der Waals surface area contributed by atoms with Gasteiger partial charge in [-0.2, -0.15) is 5.10 Å². The molecule has 0 aliphatic carbocycles. The lowest BCUT2D eigenvalue weighted by Gasteiger charge is -2.36. The topological polar surface area (TPSA) is 60.2 Å². The van der Waals surface area contributed by atoms with Crippen LogP contribution in [0.15, 0.2) is 6.33 Å². The van der Waals surface area contributed by atoms with Crippen LogP contribution in [0.3, 0.4) is 0 Å². The van der Waals surface area contributed by atoms with Gasteiger partial charge in [-0.05, 0) is 13.3 Å². The van der Waals surface area contributed by atoms with E-state index in [9.17, 15) is 5.11 Å². The van der Waals surface area contributed by atoms with Crippen LogP contribution in [-0.2, 0) is 17.7 Å². The van der Waals surface area contributed by atoms with E-state index in [2.05, 4.69) is 17.0 Å². The Kier molecular flexibility index (Phi) is 4.35. The monoisotopic (exact) mass is 253 g/mol. The van der Waals surface area contributed by atoms with Gasteiger partial charge < -0.3 is 9.84 Å². The molecule has 18 heavy (non-hydrogen) atoms. The predicted molar refractivity (Wildman–Crippen MR) is 68.2 cm³/mol. The molecule has 1 aromatic heterocycles. The van der Waals surface area contributed by atoms with Crippen molar-refractivity contribution in [2.75, 3.05) is 6.61 Å². The summed E-state index contributed by atoms with van der Waals surface area (Å²) in [5.41, 5.74) is -0.682. The normalized spacial score (nSPS) is 28.5. The van der Waals surface area contributed by atoms with Gasteiger partial charge in [0, 0.05) is 32.4 Å². The fourth-order valence-corrected chi connectivity index (χ4v) is 2.65. The van der Waals surface area contributed by atoms with Gasteiger partial charge in [0.05, 0.1) is 11.7 Å². The third kappa shape index (κ3) is 3.09. The Balaban J connectivity index is 2.02. The van der Waals surface area contributed by atoms with Crippen LogP contribution < -0.4 is 0 Å². The number of aromatic nitrogens is 3. The smallest absolute Gasteiger partial charge is 0.138 e. The second-order valence-corrected chi connectivity index (χ2v) is 5.13. The maximum Gasteiger partial charge on any atom is 0.138 e. The first-order valence-corrected chi connectivity index (χ1v) is 6.87. The Morgan fingerprint density at radius 2 is 2.39 bits per heavy atom. The lowest BCUT2D eigenvalue weighted by molar-refractivity contribution is -0.106. The van der Waals surface area contributed by atoms with Gasteiger partial charge in [0.1, 0.15) is 12.2 Å². The van der Waals surface area contributed by atoms with Crippen LogP contribution in [0, 0.1) is 0 Å². The second-order valence-electron chi connectivity index (χ2n) is 5.13. The van der Waals surface area contributed by atoms with E-state index >= 15 is 0 Å². The Bertz CT molecular complexity index is 378. The number of ether oxygens (including phenoxy) is 1. The Hall–Kier alpha value is -0.940. The lowest BCUT2D eigenvalue weighted by Crippen LogP contribution is -2.43. The van der Waals surface area contributed by atoms with Gasteiger partial charge in [0.25, 0.3) is 0 Å². The van der Waals surface area contributed by atoms with E-state index in [1.54, 1.807) is 6.33 Å². The van der Waals surface area contributed by atoms with Crippen LogP contribution in [0.2, 0.25) is 0 Å². The van der Waals surface area contributed by atoms with Gasteiger partial charge in [-0.1, -0.05) is 13.3 Å². The minimum absolute atomic E-state index is 0.187. The zero-order valence-corrected chi connectivity index (χ0v) is 11.3. The molecule has 5 nitrogen and oxygen atoms in total. The van der Waals surface area contributed by atoms with Crippen molar-refractivity contribution in [1.82, 2.24) is 14.8 Å². The molecule has 0 spiro atoms. The van der Waals surface area contributed by atoms with E-state index in [0.29, 0.717) is 25.9 Å². The molecule has 0 saturated carbocycles. The van der Waals surface area contributed by atoms with Crippen LogP contribution >= 0.6 is 0 Å². The van der Waals surface area contributed by atoms with E-state index in [1.165, 1.54) is 0 Å². The molecule has 0 bridgehead atoms. The fraction of sp³-hybridized carbons (Fsp3) is 0.846. The highest BCUT2D eigenvalue weighted by atomic mass is 16.5. The molecule has 1 aromatic rings. The molecule has 5 heteroatoms. The SMILES string of the molecule is CCCC1CC(O)(Cc2ncnn2CC)CCO1. The van der Waals surface area contributed by atoms with Gasteiger partial charge in [0.2, 0.25) is 0 Å². The molecular weight excluding hydrogens is 230 g/mol. The first-order valence-electron chi connectivity index (χ1n) is 6.87. The highest BCUT2D eigenvalue weighted by molar-refractivity contribution is 4.97. The van der Waals surface area contributed by atoms with E-state index < -0.39 is 5.60 Å². The summed E-state index contributed by atoms with van der Waals surface area (Å²) in [7, 11) is 0. The predicted octanol–water partition coefficient (Wildman–Crippen LogP) is 1.55. The molecule has 0 radical (unpaired) electrons. The van der Waals surface area contributed by atoms with Crippen molar-refractivity contribution < 1.29 is 9.84 Å². The second kappa shape index (κ2) is 5.80. The minimum atomic E-state index is -0.682. The first-order chi connectivity index (χ1) is 8.67. The number of aliphatic hydroxyl groups is 1. The van der Waals surface area contributed by atoms with Crippen LogP contribution in [0.5, 0.6) is 0 Å². The molecule has 1 saturated heterocycles. The maximum atomic E-state index is 10.7. The lowest BCUT2D eigenvalue weighted by atomic mass is 9.86. The minimum Gasteiger partial charge on any atom is -0.389 e. The summed E-state index contributed by atoms with van der Waals surface area (Å²) in [6.45, 7) is 5.61. The summed E-state index contributed by atoms with van der Waals surface area (Å²) in [5.74, 6) is 0.872. The van der Waals surface area contributed by atoms with Crippen molar-refractivity contribution in [3.63, 3.8) is 0 Å². The Morgan fingerprint density at radius 1 is 1.56 bits per heavy atom. The van der Waals surface area contributed by atoms with E-state index in [-0.39, 0.29) is 6.10 Å². The molecule has 2 heterocycles. The van der Waals surface area contributed by atoms with Gasteiger partial charge >= 0.3 is 0 Å². The van der Waals surface area contributed by atoms with Crippen molar-refractivity contribution in [1.29, 1.82) is 0 Å². The molecule has 1 fully saturated rings. The van der Waals surface area contributed by atoms with Crippen molar-refractivity contribution in [3.8, 4) is 0 Å². The molecule has 0 amide bonds. The first kappa shape index (κ1) is 13.5. The third-order valence-electron chi connectivity index (χ3n) is 3.62. The summed E-state index contributed by atoms with van der Waals surface area (Å²) in [6.07, 6.45) is 5.82. The number of aryl methyl sites for hydroxylation is 1.